The Labute approximate surface area is 123 Å². The highest BCUT2D eigenvalue weighted by atomic mass is 16.4. The van der Waals surface area contributed by atoms with E-state index >= 15 is 0 Å². The zero-order chi connectivity index (χ0) is 15.6. The summed E-state index contributed by atoms with van der Waals surface area (Å²) in [6, 6.07) is 6.58. The minimum atomic E-state index is -1.28. The van der Waals surface area contributed by atoms with Gasteiger partial charge in [-0.05, 0) is 11.6 Å². The van der Waals surface area contributed by atoms with Crippen molar-refractivity contribution in [1.82, 2.24) is 10.3 Å². The quantitative estimate of drug-likeness (QED) is 0.879. The van der Waals surface area contributed by atoms with Gasteiger partial charge in [-0.3, -0.25) is 4.79 Å². The van der Waals surface area contributed by atoms with Gasteiger partial charge in [-0.15, -0.1) is 0 Å². The molecular formula is C16H19N2O3-. The first-order valence-corrected chi connectivity index (χ1v) is 6.86. The molecule has 0 bridgehead atoms. The van der Waals surface area contributed by atoms with Crippen LogP contribution in [-0.4, -0.2) is 22.9 Å². The highest BCUT2D eigenvalue weighted by molar-refractivity contribution is 5.87. The number of carboxylic acids is 1. The number of aliphatic carboxylic acids is 1. The van der Waals surface area contributed by atoms with Gasteiger partial charge in [0.05, 0.1) is 12.0 Å². The van der Waals surface area contributed by atoms with E-state index in [9.17, 15) is 14.7 Å². The molecule has 0 aliphatic carbocycles. The van der Waals surface area contributed by atoms with Crippen LogP contribution >= 0.6 is 0 Å². The Bertz CT molecular complexity index is 667. The number of para-hydroxylation sites is 1. The van der Waals surface area contributed by atoms with Gasteiger partial charge < -0.3 is 20.2 Å². The second-order valence-corrected chi connectivity index (χ2v) is 6.16. The van der Waals surface area contributed by atoms with E-state index in [-0.39, 0.29) is 12.3 Å². The second-order valence-electron chi connectivity index (χ2n) is 6.16. The third-order valence-corrected chi connectivity index (χ3v) is 3.37. The Balaban J connectivity index is 2.21. The molecule has 1 atom stereocenters. The van der Waals surface area contributed by atoms with E-state index in [1.165, 1.54) is 0 Å². The normalized spacial score (nSPS) is 13.1. The zero-order valence-corrected chi connectivity index (χ0v) is 12.4. The van der Waals surface area contributed by atoms with Gasteiger partial charge in [-0.25, -0.2) is 0 Å². The average Bonchev–Trinajstić information content (AvgIpc) is 2.80. The van der Waals surface area contributed by atoms with Crippen molar-refractivity contribution in [3.05, 3.63) is 36.0 Å². The monoisotopic (exact) mass is 287 g/mol. The predicted molar refractivity (Wildman–Crippen MR) is 78.4 cm³/mol. The molecule has 0 unspecified atom stereocenters. The first-order chi connectivity index (χ1) is 9.79. The van der Waals surface area contributed by atoms with Crippen molar-refractivity contribution >= 4 is 22.8 Å². The molecule has 2 aromatic rings. The van der Waals surface area contributed by atoms with Crippen molar-refractivity contribution in [2.24, 2.45) is 5.41 Å². The highest BCUT2D eigenvalue weighted by Gasteiger charge is 2.25. The summed E-state index contributed by atoms with van der Waals surface area (Å²) in [6.45, 7) is 5.21. The molecule has 0 spiro atoms. The third kappa shape index (κ3) is 3.42. The van der Waals surface area contributed by atoms with E-state index in [1.807, 2.05) is 24.3 Å². The number of hydrogen-bond acceptors (Lipinski definition) is 3. The van der Waals surface area contributed by atoms with Gasteiger partial charge in [-0.2, -0.15) is 0 Å². The van der Waals surface area contributed by atoms with Crippen molar-refractivity contribution in [3.63, 3.8) is 0 Å². The van der Waals surface area contributed by atoms with Gasteiger partial charge in [0, 0.05) is 28.9 Å². The summed E-state index contributed by atoms with van der Waals surface area (Å²) in [5.41, 5.74) is 1.13. The van der Waals surface area contributed by atoms with Gasteiger partial charge in [0.2, 0.25) is 5.91 Å². The van der Waals surface area contributed by atoms with Crippen LogP contribution in [0.15, 0.2) is 30.5 Å². The Kier molecular flexibility index (Phi) is 4.02. The summed E-state index contributed by atoms with van der Waals surface area (Å²) in [6.07, 6.45) is 1.96. The maximum absolute atomic E-state index is 12.0. The zero-order valence-electron chi connectivity index (χ0n) is 12.4. The SMILES string of the molecule is CC(C)(C)C(=O)N[C@@H](Cc1c[nH]c2ccccc12)C(=O)[O-]. The Morgan fingerprint density at radius 2 is 1.95 bits per heavy atom. The lowest BCUT2D eigenvalue weighted by atomic mass is 9.94. The molecule has 112 valence electrons. The fraction of sp³-hybridized carbons (Fsp3) is 0.375. The second kappa shape index (κ2) is 5.60. The van der Waals surface area contributed by atoms with Crippen LogP contribution in [0.2, 0.25) is 0 Å². The number of aromatic amines is 1. The number of amides is 1. The van der Waals surface area contributed by atoms with Gasteiger partial charge in [0.25, 0.3) is 0 Å². The van der Waals surface area contributed by atoms with Gasteiger partial charge in [-0.1, -0.05) is 39.0 Å². The molecule has 1 aromatic carbocycles. The van der Waals surface area contributed by atoms with E-state index < -0.39 is 17.4 Å². The number of H-pyrrole nitrogens is 1. The summed E-state index contributed by atoms with van der Waals surface area (Å²) in [5.74, 6) is -1.59. The lowest BCUT2D eigenvalue weighted by Crippen LogP contribution is -2.51. The molecule has 0 aliphatic rings. The fourth-order valence-corrected chi connectivity index (χ4v) is 2.09. The molecule has 0 saturated heterocycles. The number of benzene rings is 1. The fourth-order valence-electron chi connectivity index (χ4n) is 2.09. The molecule has 2 N–H and O–H groups in total. The molecule has 21 heavy (non-hydrogen) atoms. The minimum absolute atomic E-state index is 0.189. The lowest BCUT2D eigenvalue weighted by molar-refractivity contribution is -0.308. The Hall–Kier alpha value is -2.30. The van der Waals surface area contributed by atoms with Crippen LogP contribution in [0.25, 0.3) is 10.9 Å². The number of aromatic nitrogens is 1. The average molecular weight is 287 g/mol. The predicted octanol–water partition coefficient (Wildman–Crippen LogP) is 0.991. The van der Waals surface area contributed by atoms with Crippen molar-refractivity contribution in [2.75, 3.05) is 0 Å². The number of carbonyl (C=O) groups excluding carboxylic acids is 2. The molecule has 0 aliphatic heterocycles. The largest absolute Gasteiger partial charge is 0.548 e. The number of carboxylic acid groups (broad SMARTS) is 1. The highest BCUT2D eigenvalue weighted by Crippen LogP contribution is 2.20. The van der Waals surface area contributed by atoms with Gasteiger partial charge in [0.15, 0.2) is 0 Å². The van der Waals surface area contributed by atoms with Crippen molar-refractivity contribution in [3.8, 4) is 0 Å². The van der Waals surface area contributed by atoms with Gasteiger partial charge >= 0.3 is 0 Å². The Morgan fingerprint density at radius 1 is 1.29 bits per heavy atom. The lowest BCUT2D eigenvalue weighted by Gasteiger charge is -2.25. The Morgan fingerprint density at radius 3 is 2.57 bits per heavy atom. The standard InChI is InChI=1S/C16H20N2O3/c1-16(2,3)15(21)18-13(14(19)20)8-10-9-17-12-7-5-4-6-11(10)12/h4-7,9,13,17H,8H2,1-3H3,(H,18,21)(H,19,20)/p-1/t13-/m0/s1. The van der Waals surface area contributed by atoms with E-state index in [0.717, 1.165) is 16.5 Å². The molecule has 0 saturated carbocycles. The summed E-state index contributed by atoms with van der Waals surface area (Å²) in [7, 11) is 0. The summed E-state index contributed by atoms with van der Waals surface area (Å²) in [5, 5.41) is 14.8. The first kappa shape index (κ1) is 15.1. The van der Waals surface area contributed by atoms with Gasteiger partial charge in [0.1, 0.15) is 0 Å². The number of nitrogens with one attached hydrogen (secondary N) is 2. The van der Waals surface area contributed by atoms with Crippen LogP contribution in [0.4, 0.5) is 0 Å². The molecule has 2 rings (SSSR count). The van der Waals surface area contributed by atoms with Crippen molar-refractivity contribution < 1.29 is 14.7 Å². The topological polar surface area (TPSA) is 85.0 Å². The van der Waals surface area contributed by atoms with Crippen LogP contribution in [0.3, 0.4) is 0 Å². The van der Waals surface area contributed by atoms with Crippen LogP contribution in [0.5, 0.6) is 0 Å². The first-order valence-electron chi connectivity index (χ1n) is 6.86. The van der Waals surface area contributed by atoms with E-state index in [0.29, 0.717) is 0 Å². The summed E-state index contributed by atoms with van der Waals surface area (Å²) < 4.78 is 0. The maximum Gasteiger partial charge on any atom is 0.225 e. The van der Waals surface area contributed by atoms with Crippen LogP contribution in [0, 0.1) is 5.41 Å². The van der Waals surface area contributed by atoms with Crippen LogP contribution < -0.4 is 10.4 Å². The van der Waals surface area contributed by atoms with Crippen LogP contribution in [-0.2, 0) is 16.0 Å². The van der Waals surface area contributed by atoms with Crippen molar-refractivity contribution in [2.45, 2.75) is 33.2 Å². The molecule has 0 fully saturated rings. The molecule has 5 nitrogen and oxygen atoms in total. The number of rotatable bonds is 4. The minimum Gasteiger partial charge on any atom is -0.548 e. The van der Waals surface area contributed by atoms with E-state index in [1.54, 1.807) is 27.0 Å². The molecule has 5 heteroatoms. The molecule has 1 amide bonds. The van der Waals surface area contributed by atoms with E-state index in [4.69, 9.17) is 0 Å². The maximum atomic E-state index is 12.0. The van der Waals surface area contributed by atoms with E-state index in [2.05, 4.69) is 10.3 Å². The summed E-state index contributed by atoms with van der Waals surface area (Å²) >= 11 is 0. The number of carbonyl (C=O) groups is 2. The number of hydrogen-bond donors (Lipinski definition) is 2. The van der Waals surface area contributed by atoms with Crippen LogP contribution in [0.1, 0.15) is 26.3 Å². The summed E-state index contributed by atoms with van der Waals surface area (Å²) in [4.78, 5) is 26.3. The van der Waals surface area contributed by atoms with Crippen molar-refractivity contribution in [1.29, 1.82) is 0 Å². The molecule has 1 heterocycles. The third-order valence-electron chi connectivity index (χ3n) is 3.37. The molecular weight excluding hydrogens is 268 g/mol. The number of fused-ring (bicyclic) bond motifs is 1. The smallest absolute Gasteiger partial charge is 0.225 e. The molecule has 1 aromatic heterocycles. The molecule has 0 radical (unpaired) electrons.